The normalized spacial score (nSPS) is 17.1. The number of ether oxygens (including phenoxy) is 1. The Morgan fingerprint density at radius 2 is 1.83 bits per heavy atom. The number of benzene rings is 2. The Labute approximate surface area is 171 Å². The van der Waals surface area contributed by atoms with Crippen LogP contribution in [0, 0.1) is 0 Å². The summed E-state index contributed by atoms with van der Waals surface area (Å²) in [6, 6.07) is 13.5. The Balaban J connectivity index is 1.90. The summed E-state index contributed by atoms with van der Waals surface area (Å²) >= 11 is 0. The third-order valence-corrected chi connectivity index (χ3v) is 6.88. The van der Waals surface area contributed by atoms with Crippen molar-refractivity contribution in [2.45, 2.75) is 19.4 Å². The van der Waals surface area contributed by atoms with Crippen LogP contribution in [-0.4, -0.2) is 46.1 Å². The van der Waals surface area contributed by atoms with E-state index in [1.165, 1.54) is 0 Å². The number of nitrogens with zero attached hydrogens (tertiary/aromatic N) is 2. The monoisotopic (exact) mass is 437 g/mol. The van der Waals surface area contributed by atoms with Gasteiger partial charge in [-0.2, -0.15) is 9.52 Å². The van der Waals surface area contributed by atoms with Gasteiger partial charge in [0.2, 0.25) is 20.0 Å². The van der Waals surface area contributed by atoms with Crippen molar-refractivity contribution < 1.29 is 21.6 Å². The lowest BCUT2D eigenvalue weighted by Gasteiger charge is -2.21. The van der Waals surface area contributed by atoms with Crippen LogP contribution in [0.3, 0.4) is 0 Å². The Kier molecular flexibility index (Phi) is 5.85. The molecule has 2 aromatic carbocycles. The van der Waals surface area contributed by atoms with Gasteiger partial charge in [-0.1, -0.05) is 24.3 Å². The van der Waals surface area contributed by atoms with Crippen molar-refractivity contribution in [3.05, 3.63) is 59.7 Å². The first-order chi connectivity index (χ1) is 13.6. The quantitative estimate of drug-likeness (QED) is 0.717. The van der Waals surface area contributed by atoms with Crippen LogP contribution < -0.4 is 9.46 Å². The lowest BCUT2D eigenvalue weighted by molar-refractivity contribution is 0.371. The van der Waals surface area contributed by atoms with Crippen LogP contribution in [0.5, 0.6) is 5.75 Å². The summed E-state index contributed by atoms with van der Waals surface area (Å²) in [6.07, 6.45) is 1.51. The summed E-state index contributed by atoms with van der Waals surface area (Å²) < 4.78 is 56.8. The van der Waals surface area contributed by atoms with Crippen LogP contribution >= 0.6 is 0 Å². The van der Waals surface area contributed by atoms with Crippen molar-refractivity contribution in [1.82, 2.24) is 4.41 Å². The molecule has 2 aromatic rings. The van der Waals surface area contributed by atoms with Gasteiger partial charge in [0.1, 0.15) is 5.75 Å². The molecule has 156 valence electrons. The standard InChI is InChI=1S/C19H23N3O5S2/c1-4-29(25,26)21-16-10-8-14(9-11-16)18-13-19(22(20-18)28(3,23)24)15-6-5-7-17(12-15)27-2/h5-12,19,21H,4,13H2,1-3H3/t19-/m1/s1. The molecule has 0 spiro atoms. The minimum Gasteiger partial charge on any atom is -0.497 e. The first-order valence-electron chi connectivity index (χ1n) is 8.94. The van der Waals surface area contributed by atoms with Crippen LogP contribution in [0.1, 0.15) is 30.5 Å². The Morgan fingerprint density at radius 1 is 1.14 bits per heavy atom. The fourth-order valence-electron chi connectivity index (χ4n) is 3.05. The molecule has 10 heteroatoms. The molecule has 29 heavy (non-hydrogen) atoms. The van der Waals surface area contributed by atoms with E-state index in [9.17, 15) is 16.8 Å². The number of hydrogen-bond acceptors (Lipinski definition) is 6. The summed E-state index contributed by atoms with van der Waals surface area (Å²) in [7, 11) is -5.39. The minimum atomic E-state index is -3.58. The molecule has 0 aliphatic carbocycles. The highest BCUT2D eigenvalue weighted by atomic mass is 32.2. The van der Waals surface area contributed by atoms with Gasteiger partial charge in [0.05, 0.1) is 30.9 Å². The molecule has 0 radical (unpaired) electrons. The zero-order valence-electron chi connectivity index (χ0n) is 16.4. The Morgan fingerprint density at radius 3 is 2.41 bits per heavy atom. The van der Waals surface area contributed by atoms with Gasteiger partial charge in [0, 0.05) is 12.1 Å². The number of sulfonamides is 2. The van der Waals surface area contributed by atoms with Gasteiger partial charge in [0.15, 0.2) is 0 Å². The average Bonchev–Trinajstić information content (AvgIpc) is 3.14. The lowest BCUT2D eigenvalue weighted by Crippen LogP contribution is -2.25. The summed E-state index contributed by atoms with van der Waals surface area (Å²) in [5.41, 5.74) is 2.55. The highest BCUT2D eigenvalue weighted by Crippen LogP contribution is 2.35. The van der Waals surface area contributed by atoms with E-state index in [2.05, 4.69) is 9.82 Å². The molecule has 3 rings (SSSR count). The van der Waals surface area contributed by atoms with Crippen LogP contribution in [0.4, 0.5) is 5.69 Å². The topological polar surface area (TPSA) is 105 Å². The number of hydrazone groups is 1. The maximum Gasteiger partial charge on any atom is 0.247 e. The van der Waals surface area contributed by atoms with E-state index in [-0.39, 0.29) is 5.75 Å². The average molecular weight is 438 g/mol. The van der Waals surface area contributed by atoms with Gasteiger partial charge in [-0.05, 0) is 42.3 Å². The van der Waals surface area contributed by atoms with Gasteiger partial charge >= 0.3 is 0 Å². The van der Waals surface area contributed by atoms with Crippen LogP contribution in [0.15, 0.2) is 53.6 Å². The van der Waals surface area contributed by atoms with E-state index in [1.54, 1.807) is 56.5 Å². The van der Waals surface area contributed by atoms with Crippen molar-refractivity contribution in [1.29, 1.82) is 0 Å². The number of nitrogens with one attached hydrogen (secondary N) is 1. The van der Waals surface area contributed by atoms with Crippen molar-refractivity contribution in [2.24, 2.45) is 5.10 Å². The van der Waals surface area contributed by atoms with Crippen molar-refractivity contribution >= 4 is 31.4 Å². The predicted octanol–water partition coefficient (Wildman–Crippen LogP) is 2.57. The summed E-state index contributed by atoms with van der Waals surface area (Å²) in [4.78, 5) is 0. The minimum absolute atomic E-state index is 0.0208. The zero-order valence-corrected chi connectivity index (χ0v) is 18.0. The lowest BCUT2D eigenvalue weighted by atomic mass is 9.99. The smallest absolute Gasteiger partial charge is 0.247 e. The highest BCUT2D eigenvalue weighted by molar-refractivity contribution is 7.92. The van der Waals surface area contributed by atoms with Crippen LogP contribution in [-0.2, 0) is 20.0 Å². The van der Waals surface area contributed by atoms with E-state index >= 15 is 0 Å². The van der Waals surface area contributed by atoms with Crippen molar-refractivity contribution in [2.75, 3.05) is 23.8 Å². The third-order valence-electron chi connectivity index (χ3n) is 4.56. The predicted molar refractivity (Wildman–Crippen MR) is 113 cm³/mol. The summed E-state index contributed by atoms with van der Waals surface area (Å²) in [6.45, 7) is 1.56. The van der Waals surface area contributed by atoms with Gasteiger partial charge in [-0.25, -0.2) is 16.8 Å². The maximum atomic E-state index is 12.3. The molecule has 0 saturated heterocycles. The molecule has 1 heterocycles. The summed E-state index contributed by atoms with van der Waals surface area (Å²) in [5, 5.41) is 4.35. The van der Waals surface area contributed by atoms with E-state index in [4.69, 9.17) is 4.74 Å². The van der Waals surface area contributed by atoms with E-state index in [0.717, 1.165) is 21.8 Å². The molecule has 0 amide bonds. The molecule has 0 bridgehead atoms. The van der Waals surface area contributed by atoms with Gasteiger partial charge in [0.25, 0.3) is 0 Å². The third kappa shape index (κ3) is 4.88. The van der Waals surface area contributed by atoms with Gasteiger partial charge in [-0.15, -0.1) is 0 Å². The van der Waals surface area contributed by atoms with Gasteiger partial charge < -0.3 is 4.74 Å². The molecule has 0 aromatic heterocycles. The second kappa shape index (κ2) is 8.03. The molecular weight excluding hydrogens is 414 g/mol. The van der Waals surface area contributed by atoms with Gasteiger partial charge in [-0.3, -0.25) is 4.72 Å². The number of rotatable bonds is 7. The fourth-order valence-corrected chi connectivity index (χ4v) is 4.59. The van der Waals surface area contributed by atoms with Crippen molar-refractivity contribution in [3.8, 4) is 5.75 Å². The fraction of sp³-hybridized carbons (Fsp3) is 0.316. The van der Waals surface area contributed by atoms with Crippen molar-refractivity contribution in [3.63, 3.8) is 0 Å². The summed E-state index contributed by atoms with van der Waals surface area (Å²) in [5.74, 6) is 0.615. The van der Waals surface area contributed by atoms with Crippen LogP contribution in [0.25, 0.3) is 0 Å². The molecule has 1 aliphatic rings. The molecule has 1 N–H and O–H groups in total. The largest absolute Gasteiger partial charge is 0.497 e. The Hall–Kier alpha value is -2.59. The number of hydrogen-bond donors (Lipinski definition) is 1. The second-order valence-corrected chi connectivity index (χ2v) is 10.5. The first-order valence-corrected chi connectivity index (χ1v) is 12.4. The molecule has 0 unspecified atom stereocenters. The molecular formula is C19H23N3O5S2. The number of anilines is 1. The first kappa shape index (κ1) is 21.1. The zero-order chi connectivity index (χ0) is 21.2. The maximum absolute atomic E-state index is 12.3. The highest BCUT2D eigenvalue weighted by Gasteiger charge is 2.34. The Bertz CT molecular complexity index is 1130. The molecule has 1 aliphatic heterocycles. The molecule has 8 nitrogen and oxygen atoms in total. The van der Waals surface area contributed by atoms with E-state index < -0.39 is 26.1 Å². The molecule has 1 atom stereocenters. The second-order valence-electron chi connectivity index (χ2n) is 6.66. The SMILES string of the molecule is CCS(=O)(=O)Nc1ccc(C2=NN(S(C)(=O)=O)[C@@H](c3cccc(OC)c3)C2)cc1. The molecule has 0 fully saturated rings. The van der Waals surface area contributed by atoms with E-state index in [1.807, 2.05) is 6.07 Å². The number of methoxy groups -OCH3 is 1. The molecule has 0 saturated carbocycles. The van der Waals surface area contributed by atoms with Crippen LogP contribution in [0.2, 0.25) is 0 Å². The van der Waals surface area contributed by atoms with E-state index in [0.29, 0.717) is 23.6 Å².